The van der Waals surface area contributed by atoms with Crippen LogP contribution in [0.3, 0.4) is 0 Å². The van der Waals surface area contributed by atoms with E-state index in [1.807, 2.05) is 0 Å². The van der Waals surface area contributed by atoms with Crippen LogP contribution in [-0.4, -0.2) is 35.2 Å². The van der Waals surface area contributed by atoms with Crippen molar-refractivity contribution in [2.75, 3.05) is 0 Å². The van der Waals surface area contributed by atoms with Gasteiger partial charge in [-0.1, -0.05) is 19.7 Å². The van der Waals surface area contributed by atoms with E-state index in [1.165, 1.54) is 0 Å². The largest absolute Gasteiger partial charge is 0.458 e. The summed E-state index contributed by atoms with van der Waals surface area (Å²) in [6, 6.07) is 0. The lowest BCUT2D eigenvalue weighted by atomic mass is 9.42. The molecule has 1 spiro atoms. The number of ether oxygens (including phenoxy) is 3. The second kappa shape index (κ2) is 5.32. The summed E-state index contributed by atoms with van der Waals surface area (Å²) in [6.07, 6.45) is 6.21. The van der Waals surface area contributed by atoms with Crippen LogP contribution in [0.15, 0.2) is 38.0 Å². The first-order valence-electron chi connectivity index (χ1n) is 8.85. The molecule has 4 bridgehead atoms. The summed E-state index contributed by atoms with van der Waals surface area (Å²) in [5.41, 5.74) is -1.73. The molecule has 0 aromatic carbocycles. The number of carbonyl (C=O) groups excluding carboxylic acids is 3. The minimum absolute atomic E-state index is 0.0945. The second-order valence-electron chi connectivity index (χ2n) is 8.12. The van der Waals surface area contributed by atoms with E-state index in [2.05, 4.69) is 19.7 Å². The van der Waals surface area contributed by atoms with Crippen molar-refractivity contribution in [2.45, 2.75) is 49.4 Å². The summed E-state index contributed by atoms with van der Waals surface area (Å²) in [6.45, 7) is 10.4. The highest BCUT2D eigenvalue weighted by Crippen LogP contribution is 2.78. The van der Waals surface area contributed by atoms with E-state index >= 15 is 0 Å². The van der Waals surface area contributed by atoms with Gasteiger partial charge in [0.25, 0.3) is 0 Å². The van der Waals surface area contributed by atoms with Gasteiger partial charge in [0.2, 0.25) is 0 Å². The standard InChI is InChI=1S/C20H22O6/c1-4-14(21)24-17-12-7-18(25-15(22)5-2)9-19(26-16(23)6-3)8-13(12)20(17,10-18)11-19/h4-6,12-13,17H,1-3,7-11H2. The maximum absolute atomic E-state index is 11.9. The molecule has 6 heteroatoms. The molecule has 0 heterocycles. The first kappa shape index (κ1) is 17.1. The minimum atomic E-state index is -0.709. The zero-order valence-corrected chi connectivity index (χ0v) is 14.6. The van der Waals surface area contributed by atoms with E-state index in [4.69, 9.17) is 14.2 Å². The molecule has 5 aliphatic rings. The third-order valence-corrected chi connectivity index (χ3v) is 6.73. The van der Waals surface area contributed by atoms with Crippen molar-refractivity contribution in [3.63, 3.8) is 0 Å². The Kier molecular flexibility index (Phi) is 3.49. The number of esters is 3. The van der Waals surface area contributed by atoms with Crippen LogP contribution >= 0.6 is 0 Å². The van der Waals surface area contributed by atoms with Crippen molar-refractivity contribution in [1.29, 1.82) is 0 Å². The molecule has 6 nitrogen and oxygen atoms in total. The van der Waals surface area contributed by atoms with Crippen LogP contribution in [0, 0.1) is 17.3 Å². The quantitative estimate of drug-likeness (QED) is 0.412. The molecule has 5 fully saturated rings. The Morgan fingerprint density at radius 1 is 0.808 bits per heavy atom. The maximum atomic E-state index is 11.9. The summed E-state index contributed by atoms with van der Waals surface area (Å²) in [5.74, 6) is -1.02. The normalized spacial score (nSPS) is 43.6. The van der Waals surface area contributed by atoms with Gasteiger partial charge >= 0.3 is 17.9 Å². The first-order chi connectivity index (χ1) is 12.3. The van der Waals surface area contributed by atoms with Crippen LogP contribution < -0.4 is 0 Å². The van der Waals surface area contributed by atoms with Gasteiger partial charge in [0, 0.05) is 36.0 Å². The van der Waals surface area contributed by atoms with E-state index in [9.17, 15) is 14.4 Å². The molecule has 138 valence electrons. The van der Waals surface area contributed by atoms with Gasteiger partial charge in [-0.15, -0.1) is 0 Å². The van der Waals surface area contributed by atoms with Crippen molar-refractivity contribution in [3.8, 4) is 0 Å². The molecular weight excluding hydrogens is 336 g/mol. The van der Waals surface area contributed by atoms with Crippen LogP contribution in [0.5, 0.6) is 0 Å². The molecule has 0 radical (unpaired) electrons. The van der Waals surface area contributed by atoms with Gasteiger partial charge < -0.3 is 14.2 Å². The van der Waals surface area contributed by atoms with Crippen LogP contribution in [0.4, 0.5) is 0 Å². The lowest BCUT2D eigenvalue weighted by molar-refractivity contribution is -0.278. The molecule has 6 atom stereocenters. The predicted octanol–water partition coefficient (Wildman–Crippen LogP) is 2.24. The van der Waals surface area contributed by atoms with Crippen molar-refractivity contribution in [1.82, 2.24) is 0 Å². The van der Waals surface area contributed by atoms with Crippen LogP contribution in [0.2, 0.25) is 0 Å². The third-order valence-electron chi connectivity index (χ3n) is 6.73. The van der Waals surface area contributed by atoms with Crippen LogP contribution in [0.25, 0.3) is 0 Å². The van der Waals surface area contributed by atoms with E-state index in [1.54, 1.807) is 0 Å². The molecule has 0 aliphatic heterocycles. The van der Waals surface area contributed by atoms with Crippen molar-refractivity contribution >= 4 is 17.9 Å². The average Bonchev–Trinajstić information content (AvgIpc) is 2.76. The fourth-order valence-corrected chi connectivity index (χ4v) is 6.43. The van der Waals surface area contributed by atoms with Crippen LogP contribution in [0.1, 0.15) is 32.1 Å². The Morgan fingerprint density at radius 2 is 1.35 bits per heavy atom. The third kappa shape index (κ3) is 2.14. The fraction of sp³-hybridized carbons (Fsp3) is 0.550. The molecule has 0 N–H and O–H groups in total. The van der Waals surface area contributed by atoms with Crippen molar-refractivity contribution in [2.24, 2.45) is 17.3 Å². The molecule has 0 aromatic rings. The number of carbonyl (C=O) groups is 3. The Morgan fingerprint density at radius 3 is 1.88 bits per heavy atom. The van der Waals surface area contributed by atoms with Crippen molar-refractivity contribution in [3.05, 3.63) is 38.0 Å². The number of hydrogen-bond donors (Lipinski definition) is 0. The highest BCUT2D eigenvalue weighted by molar-refractivity contribution is 5.83. The highest BCUT2D eigenvalue weighted by atomic mass is 16.6. The van der Waals surface area contributed by atoms with Crippen molar-refractivity contribution < 1.29 is 28.6 Å². The number of rotatable bonds is 6. The van der Waals surface area contributed by atoms with E-state index in [0.29, 0.717) is 38.0 Å². The monoisotopic (exact) mass is 358 g/mol. The molecule has 26 heavy (non-hydrogen) atoms. The Labute approximate surface area is 151 Å². The maximum Gasteiger partial charge on any atom is 0.330 e. The van der Waals surface area contributed by atoms with Gasteiger partial charge in [-0.25, -0.2) is 14.4 Å². The van der Waals surface area contributed by atoms with Crippen LogP contribution in [-0.2, 0) is 28.6 Å². The van der Waals surface area contributed by atoms with Gasteiger partial charge in [0.15, 0.2) is 0 Å². The number of hydrogen-bond acceptors (Lipinski definition) is 6. The molecule has 6 unspecified atom stereocenters. The smallest absolute Gasteiger partial charge is 0.330 e. The minimum Gasteiger partial charge on any atom is -0.458 e. The van der Waals surface area contributed by atoms with E-state index in [0.717, 1.165) is 18.2 Å². The summed E-state index contributed by atoms with van der Waals surface area (Å²) >= 11 is 0. The molecule has 0 aromatic heterocycles. The van der Waals surface area contributed by atoms with Gasteiger partial charge in [0.05, 0.1) is 0 Å². The molecule has 5 saturated carbocycles. The zero-order valence-electron chi connectivity index (χ0n) is 14.6. The van der Waals surface area contributed by atoms with E-state index in [-0.39, 0.29) is 17.4 Å². The fourth-order valence-electron chi connectivity index (χ4n) is 6.43. The topological polar surface area (TPSA) is 78.9 Å². The summed E-state index contributed by atoms with van der Waals surface area (Å²) in [4.78, 5) is 35.7. The van der Waals surface area contributed by atoms with Gasteiger partial charge in [-0.05, 0) is 31.6 Å². The first-order valence-corrected chi connectivity index (χ1v) is 8.85. The summed E-state index contributed by atoms with van der Waals surface area (Å²) in [5, 5.41) is 0. The highest BCUT2D eigenvalue weighted by Gasteiger charge is 2.81. The van der Waals surface area contributed by atoms with E-state index < -0.39 is 29.1 Å². The Hall–Kier alpha value is -2.37. The molecule has 0 amide bonds. The number of fused-ring (bicyclic) bond motifs is 1. The molecular formula is C20H22O6. The van der Waals surface area contributed by atoms with Gasteiger partial charge in [-0.3, -0.25) is 0 Å². The predicted molar refractivity (Wildman–Crippen MR) is 90.6 cm³/mol. The molecule has 5 aliphatic carbocycles. The Bertz CT molecular complexity index is 719. The van der Waals surface area contributed by atoms with Gasteiger partial charge in [0.1, 0.15) is 17.3 Å². The lowest BCUT2D eigenvalue weighted by Gasteiger charge is -2.66. The Balaban J connectivity index is 1.69. The summed E-state index contributed by atoms with van der Waals surface area (Å²) in [7, 11) is 0. The average molecular weight is 358 g/mol. The second-order valence-corrected chi connectivity index (χ2v) is 8.12. The summed E-state index contributed by atoms with van der Waals surface area (Å²) < 4.78 is 17.2. The van der Waals surface area contributed by atoms with Gasteiger partial charge in [-0.2, -0.15) is 0 Å². The lowest BCUT2D eigenvalue weighted by Crippen LogP contribution is -2.70. The molecule has 0 saturated heterocycles. The molecule has 5 rings (SSSR count). The SMILES string of the molecule is C=CC(=O)OC1C2CC3(OC(=O)C=C)CC4(OC(=O)C=C)CC2C1(C3)C4. The zero-order chi connectivity index (χ0) is 18.7.